The van der Waals surface area contributed by atoms with Crippen LogP contribution in [0.4, 0.5) is 5.69 Å². The number of benzene rings is 1. The van der Waals surface area contributed by atoms with Gasteiger partial charge in [-0.05, 0) is 43.9 Å². The third kappa shape index (κ3) is 4.65. The molecule has 0 unspecified atom stereocenters. The fourth-order valence-corrected chi connectivity index (χ4v) is 4.67. The highest BCUT2D eigenvalue weighted by Crippen LogP contribution is 2.27. The summed E-state index contributed by atoms with van der Waals surface area (Å²) in [6.45, 7) is 4.01. The zero-order valence-electron chi connectivity index (χ0n) is 19.7. The number of hydrogen-bond donors (Lipinski definition) is 2. The summed E-state index contributed by atoms with van der Waals surface area (Å²) >= 11 is 0. The number of likely N-dealkylation sites (N-methyl/N-ethyl adjacent to an activating group) is 1. The average molecular weight is 452 g/mol. The predicted molar refractivity (Wildman–Crippen MR) is 126 cm³/mol. The molecule has 8 nitrogen and oxygen atoms in total. The summed E-state index contributed by atoms with van der Waals surface area (Å²) in [6.07, 6.45) is 7.42. The number of carbonyl (C=O) groups is 3. The second-order valence-electron chi connectivity index (χ2n) is 9.38. The van der Waals surface area contributed by atoms with E-state index < -0.39 is 5.54 Å². The molecule has 2 aliphatic rings. The van der Waals surface area contributed by atoms with Crippen LogP contribution in [0.2, 0.25) is 0 Å². The minimum absolute atomic E-state index is 0.138. The number of anilines is 1. The predicted octanol–water partition coefficient (Wildman–Crippen LogP) is 3.38. The van der Waals surface area contributed by atoms with Crippen molar-refractivity contribution in [2.45, 2.75) is 76.9 Å². The molecule has 176 valence electrons. The smallest absolute Gasteiger partial charge is 0.276 e. The molecule has 2 heterocycles. The average Bonchev–Trinajstić information content (AvgIpc) is 3.06. The van der Waals surface area contributed by atoms with E-state index in [4.69, 9.17) is 0 Å². The summed E-state index contributed by atoms with van der Waals surface area (Å²) in [6, 6.07) is 9.27. The van der Waals surface area contributed by atoms with E-state index in [1.165, 1.54) is 28.5 Å². The Kier molecular flexibility index (Phi) is 6.54. The van der Waals surface area contributed by atoms with Gasteiger partial charge in [0.2, 0.25) is 5.91 Å². The van der Waals surface area contributed by atoms with Crippen LogP contribution in [0.1, 0.15) is 78.9 Å². The molecule has 1 aliphatic heterocycles. The molecule has 4 rings (SSSR count). The Morgan fingerprint density at radius 1 is 1.15 bits per heavy atom. The van der Waals surface area contributed by atoms with Crippen molar-refractivity contribution in [3.05, 3.63) is 47.3 Å². The molecule has 1 atom stereocenters. The molecule has 0 bridgehead atoms. The van der Waals surface area contributed by atoms with Gasteiger partial charge in [-0.3, -0.25) is 19.1 Å². The van der Waals surface area contributed by atoms with Gasteiger partial charge in [0, 0.05) is 24.8 Å². The maximum Gasteiger partial charge on any atom is 0.276 e. The van der Waals surface area contributed by atoms with Crippen molar-refractivity contribution >= 4 is 23.4 Å². The van der Waals surface area contributed by atoms with Crippen molar-refractivity contribution in [1.82, 2.24) is 20.0 Å². The van der Waals surface area contributed by atoms with Crippen molar-refractivity contribution in [3.8, 4) is 0 Å². The topological polar surface area (TPSA) is 96.3 Å². The van der Waals surface area contributed by atoms with E-state index in [-0.39, 0.29) is 36.0 Å². The molecule has 8 heteroatoms. The van der Waals surface area contributed by atoms with Crippen molar-refractivity contribution < 1.29 is 14.4 Å². The van der Waals surface area contributed by atoms with E-state index in [0.717, 1.165) is 37.7 Å². The number of nitrogens with one attached hydrogen (secondary N) is 2. The summed E-state index contributed by atoms with van der Waals surface area (Å²) in [5.74, 6) is -0.877. The molecule has 1 fully saturated rings. The van der Waals surface area contributed by atoms with Gasteiger partial charge in [-0.25, -0.2) is 0 Å². The number of rotatable bonds is 5. The molecule has 0 radical (unpaired) electrons. The number of amides is 3. The second-order valence-corrected chi connectivity index (χ2v) is 9.38. The van der Waals surface area contributed by atoms with Gasteiger partial charge in [-0.1, -0.05) is 44.7 Å². The lowest BCUT2D eigenvalue weighted by Gasteiger charge is -2.41. The molecule has 1 aromatic carbocycles. The van der Waals surface area contributed by atoms with Crippen molar-refractivity contribution in [2.24, 2.45) is 0 Å². The highest BCUT2D eigenvalue weighted by molar-refractivity contribution is 6.05. The molecular formula is C25H33N5O3. The Labute approximate surface area is 194 Å². The molecule has 1 aromatic heterocycles. The van der Waals surface area contributed by atoms with Gasteiger partial charge < -0.3 is 15.5 Å². The van der Waals surface area contributed by atoms with Gasteiger partial charge in [0.1, 0.15) is 11.2 Å². The lowest BCUT2D eigenvalue weighted by Crippen LogP contribution is -2.63. The van der Waals surface area contributed by atoms with Gasteiger partial charge in [0.05, 0.1) is 6.54 Å². The number of fused-ring (bicyclic) bond motifs is 1. The van der Waals surface area contributed by atoms with E-state index in [9.17, 15) is 14.4 Å². The number of aromatic nitrogens is 2. The third-order valence-electron chi connectivity index (χ3n) is 7.01. The van der Waals surface area contributed by atoms with Crippen LogP contribution in [0.5, 0.6) is 0 Å². The zero-order chi connectivity index (χ0) is 23.6. The first kappa shape index (κ1) is 23.0. The first-order valence-corrected chi connectivity index (χ1v) is 11.9. The minimum atomic E-state index is -1.08. The maximum atomic E-state index is 13.3. The van der Waals surface area contributed by atoms with Crippen molar-refractivity contribution in [2.75, 3.05) is 12.4 Å². The van der Waals surface area contributed by atoms with Gasteiger partial charge in [-0.15, -0.1) is 0 Å². The molecule has 33 heavy (non-hydrogen) atoms. The summed E-state index contributed by atoms with van der Waals surface area (Å²) < 4.78 is 1.49. The van der Waals surface area contributed by atoms with E-state index in [2.05, 4.69) is 22.7 Å². The normalized spacial score (nSPS) is 21.3. The Bertz CT molecular complexity index is 1050. The largest absolute Gasteiger partial charge is 0.351 e. The molecule has 3 amide bonds. The van der Waals surface area contributed by atoms with E-state index in [1.54, 1.807) is 14.0 Å². The van der Waals surface area contributed by atoms with E-state index >= 15 is 0 Å². The summed E-state index contributed by atoms with van der Waals surface area (Å²) in [4.78, 5) is 40.7. The zero-order valence-corrected chi connectivity index (χ0v) is 19.7. The SMILES string of the molecule is CCc1cccc(NC(=O)c2cc3n(n2)C[C@@](C)(C(=O)NC2CCCCCC2)N(C)C3=O)c1. The fourth-order valence-electron chi connectivity index (χ4n) is 4.67. The Morgan fingerprint density at radius 3 is 2.58 bits per heavy atom. The Balaban J connectivity index is 1.52. The summed E-state index contributed by atoms with van der Waals surface area (Å²) in [7, 11) is 1.64. The molecule has 1 saturated carbocycles. The van der Waals surface area contributed by atoms with Gasteiger partial charge in [-0.2, -0.15) is 5.10 Å². The molecule has 0 spiro atoms. The van der Waals surface area contributed by atoms with Crippen LogP contribution in [0.25, 0.3) is 0 Å². The summed E-state index contributed by atoms with van der Waals surface area (Å²) in [5.41, 5.74) is 1.18. The van der Waals surface area contributed by atoms with E-state index in [0.29, 0.717) is 11.4 Å². The molecule has 2 aromatic rings. The highest BCUT2D eigenvalue weighted by Gasteiger charge is 2.46. The summed E-state index contributed by atoms with van der Waals surface area (Å²) in [5, 5.41) is 10.4. The number of carbonyl (C=O) groups excluding carboxylic acids is 3. The van der Waals surface area contributed by atoms with Crippen LogP contribution >= 0.6 is 0 Å². The Morgan fingerprint density at radius 2 is 1.88 bits per heavy atom. The fraction of sp³-hybridized carbons (Fsp3) is 0.520. The molecule has 2 N–H and O–H groups in total. The monoisotopic (exact) mass is 451 g/mol. The molecular weight excluding hydrogens is 418 g/mol. The lowest BCUT2D eigenvalue weighted by molar-refractivity contribution is -0.133. The maximum absolute atomic E-state index is 13.3. The van der Waals surface area contributed by atoms with Gasteiger partial charge >= 0.3 is 0 Å². The molecule has 0 saturated heterocycles. The Hall–Kier alpha value is -3.16. The minimum Gasteiger partial charge on any atom is -0.351 e. The third-order valence-corrected chi connectivity index (χ3v) is 7.01. The van der Waals surface area contributed by atoms with E-state index in [1.807, 2.05) is 24.3 Å². The number of aryl methyl sites for hydroxylation is 1. The standard InChI is InChI=1S/C25H33N5O3/c1-4-17-10-9-13-19(14-17)26-22(31)20-15-21-23(32)29(3)25(2,16-30(21)28-20)24(33)27-18-11-7-5-6-8-12-18/h9-10,13-15,18H,4-8,11-12,16H2,1-3H3,(H,26,31)(H,27,33)/t25-/m0/s1. The van der Waals surface area contributed by atoms with Crippen LogP contribution in [0.15, 0.2) is 30.3 Å². The first-order valence-electron chi connectivity index (χ1n) is 11.9. The van der Waals surface area contributed by atoms with Crippen molar-refractivity contribution in [3.63, 3.8) is 0 Å². The van der Waals surface area contributed by atoms with Crippen LogP contribution in [-0.4, -0.2) is 51.0 Å². The highest BCUT2D eigenvalue weighted by atomic mass is 16.2. The van der Waals surface area contributed by atoms with Crippen LogP contribution in [0.3, 0.4) is 0 Å². The quantitative estimate of drug-likeness (QED) is 0.681. The van der Waals surface area contributed by atoms with Gasteiger partial charge in [0.25, 0.3) is 11.8 Å². The second kappa shape index (κ2) is 9.37. The lowest BCUT2D eigenvalue weighted by atomic mass is 9.95. The van der Waals surface area contributed by atoms with Gasteiger partial charge in [0.15, 0.2) is 5.69 Å². The number of nitrogens with zero attached hydrogens (tertiary/aromatic N) is 3. The first-order chi connectivity index (χ1) is 15.8. The van der Waals surface area contributed by atoms with Crippen molar-refractivity contribution in [1.29, 1.82) is 0 Å². The molecule has 1 aliphatic carbocycles. The van der Waals surface area contributed by atoms with Crippen LogP contribution in [-0.2, 0) is 17.8 Å². The van der Waals surface area contributed by atoms with Crippen LogP contribution in [0, 0.1) is 0 Å². The number of hydrogen-bond acceptors (Lipinski definition) is 4. The van der Waals surface area contributed by atoms with Crippen LogP contribution < -0.4 is 10.6 Å².